The first-order chi connectivity index (χ1) is 17.0. The van der Waals surface area contributed by atoms with Crippen molar-refractivity contribution >= 4 is 17.8 Å². The average molecular weight is 485 g/mol. The number of methoxy groups -OCH3 is 4. The van der Waals surface area contributed by atoms with Crippen molar-refractivity contribution in [3.05, 3.63) is 59.7 Å². The molecule has 2 aromatic rings. The van der Waals surface area contributed by atoms with Crippen molar-refractivity contribution in [1.82, 2.24) is 0 Å². The zero-order chi connectivity index (χ0) is 25.2. The van der Waals surface area contributed by atoms with E-state index in [1.807, 2.05) is 30.3 Å². The third kappa shape index (κ3) is 6.83. The lowest BCUT2D eigenvalue weighted by atomic mass is 9.83. The number of hydrogen-bond acceptors (Lipinski definition) is 8. The molecule has 0 bridgehead atoms. The summed E-state index contributed by atoms with van der Waals surface area (Å²) >= 11 is 0. The maximum atomic E-state index is 12.6. The van der Waals surface area contributed by atoms with E-state index in [0.717, 1.165) is 5.56 Å². The first kappa shape index (κ1) is 26.2. The Balaban J connectivity index is 1.63. The summed E-state index contributed by atoms with van der Waals surface area (Å²) in [6.45, 7) is 0.588. The Morgan fingerprint density at radius 3 is 2.29 bits per heavy atom. The van der Waals surface area contributed by atoms with Crippen molar-refractivity contribution in [2.45, 2.75) is 31.7 Å². The van der Waals surface area contributed by atoms with Crippen LogP contribution < -0.4 is 14.2 Å². The second-order valence-electron chi connectivity index (χ2n) is 8.08. The van der Waals surface area contributed by atoms with Crippen LogP contribution in [0.15, 0.2) is 48.5 Å². The molecule has 8 heteroatoms. The van der Waals surface area contributed by atoms with E-state index in [-0.39, 0.29) is 12.4 Å². The van der Waals surface area contributed by atoms with Crippen LogP contribution in [-0.2, 0) is 30.4 Å². The van der Waals surface area contributed by atoms with E-state index in [9.17, 15) is 9.59 Å². The van der Waals surface area contributed by atoms with Crippen molar-refractivity contribution < 1.29 is 38.0 Å². The lowest BCUT2D eigenvalue weighted by molar-refractivity contribution is -0.165. The topological polar surface area (TPSA) is 89.5 Å². The summed E-state index contributed by atoms with van der Waals surface area (Å²) in [7, 11) is 6.08. The zero-order valence-electron chi connectivity index (χ0n) is 20.5. The normalized spacial score (nSPS) is 20.0. The van der Waals surface area contributed by atoms with E-state index >= 15 is 0 Å². The van der Waals surface area contributed by atoms with Gasteiger partial charge >= 0.3 is 5.97 Å². The molecule has 1 saturated carbocycles. The Hall–Kier alpha value is -3.36. The smallest absolute Gasteiger partial charge is 0.331 e. The van der Waals surface area contributed by atoms with Crippen molar-refractivity contribution in [3.63, 3.8) is 0 Å². The number of rotatable bonds is 11. The van der Waals surface area contributed by atoms with Gasteiger partial charge in [0.1, 0.15) is 18.0 Å². The molecular formula is C27H32O8. The highest BCUT2D eigenvalue weighted by Crippen LogP contribution is 2.38. The summed E-state index contributed by atoms with van der Waals surface area (Å²) in [6.07, 6.45) is 2.49. The zero-order valence-corrected chi connectivity index (χ0v) is 20.5. The third-order valence-corrected chi connectivity index (χ3v) is 5.90. The highest BCUT2D eigenvalue weighted by atomic mass is 16.6. The molecule has 1 aliphatic carbocycles. The molecule has 35 heavy (non-hydrogen) atoms. The maximum absolute atomic E-state index is 12.6. The van der Waals surface area contributed by atoms with E-state index in [0.29, 0.717) is 42.3 Å². The van der Waals surface area contributed by atoms with Crippen molar-refractivity contribution in [1.29, 1.82) is 0 Å². The van der Waals surface area contributed by atoms with Crippen LogP contribution in [0.1, 0.15) is 24.0 Å². The number of Topliss-reactive ketones (excluding diaryl/α,β-unsaturated/α-hetero) is 1. The minimum Gasteiger partial charge on any atom is -0.493 e. The van der Waals surface area contributed by atoms with Gasteiger partial charge in [0, 0.05) is 19.6 Å². The summed E-state index contributed by atoms with van der Waals surface area (Å²) in [6, 6.07) is 13.2. The highest BCUT2D eigenvalue weighted by molar-refractivity contribution is 5.88. The number of ether oxygens (including phenoxy) is 6. The number of esters is 1. The minimum atomic E-state index is -0.578. The van der Waals surface area contributed by atoms with Gasteiger partial charge < -0.3 is 28.4 Å². The van der Waals surface area contributed by atoms with Crippen LogP contribution in [-0.4, -0.2) is 59.0 Å². The molecule has 0 amide bonds. The van der Waals surface area contributed by atoms with Gasteiger partial charge in [-0.15, -0.1) is 0 Å². The molecule has 0 radical (unpaired) electrons. The Morgan fingerprint density at radius 1 is 1.00 bits per heavy atom. The number of benzene rings is 2. The number of carbonyl (C=O) groups is 2. The summed E-state index contributed by atoms with van der Waals surface area (Å²) in [5.41, 5.74) is 1.69. The van der Waals surface area contributed by atoms with Gasteiger partial charge in [-0.2, -0.15) is 0 Å². The predicted octanol–water partition coefficient (Wildman–Crippen LogP) is 3.85. The molecule has 1 aliphatic rings. The summed E-state index contributed by atoms with van der Waals surface area (Å²) in [5.74, 6) is 0.417. The second kappa shape index (κ2) is 12.9. The molecule has 0 N–H and O–H groups in total. The number of ketones is 1. The lowest BCUT2D eigenvalue weighted by Gasteiger charge is -2.35. The summed E-state index contributed by atoms with van der Waals surface area (Å²) in [5, 5.41) is 0. The van der Waals surface area contributed by atoms with Gasteiger partial charge in [0.25, 0.3) is 0 Å². The summed E-state index contributed by atoms with van der Waals surface area (Å²) in [4.78, 5) is 25.2. The van der Waals surface area contributed by atoms with Gasteiger partial charge in [-0.25, -0.2) is 4.79 Å². The second-order valence-corrected chi connectivity index (χ2v) is 8.08. The fraction of sp³-hybridized carbons (Fsp3) is 0.407. The van der Waals surface area contributed by atoms with Crippen LogP contribution in [0.2, 0.25) is 0 Å². The van der Waals surface area contributed by atoms with Crippen molar-refractivity contribution in [2.75, 3.05) is 35.0 Å². The SMILES string of the molecule is COc1cc(/C=C/C(=O)O[C@@H]2CCC(=O)[C@@H](COCc3ccccc3)[C@@H]2OC)cc(OC)c1OC. The van der Waals surface area contributed by atoms with Crippen LogP contribution in [0, 0.1) is 5.92 Å². The molecule has 8 nitrogen and oxygen atoms in total. The Bertz CT molecular complexity index is 992. The Labute approximate surface area is 205 Å². The monoisotopic (exact) mass is 484 g/mol. The van der Waals surface area contributed by atoms with Crippen LogP contribution in [0.4, 0.5) is 0 Å². The van der Waals surface area contributed by atoms with Gasteiger partial charge in [-0.1, -0.05) is 30.3 Å². The molecule has 0 spiro atoms. The first-order valence-electron chi connectivity index (χ1n) is 11.4. The Kier molecular flexibility index (Phi) is 9.69. The van der Waals surface area contributed by atoms with Gasteiger partial charge in [0.2, 0.25) is 5.75 Å². The fourth-order valence-electron chi connectivity index (χ4n) is 4.13. The van der Waals surface area contributed by atoms with Crippen molar-refractivity contribution in [2.24, 2.45) is 5.92 Å². The first-order valence-corrected chi connectivity index (χ1v) is 11.4. The van der Waals surface area contributed by atoms with E-state index in [1.54, 1.807) is 18.2 Å². The molecule has 1 fully saturated rings. The molecule has 3 rings (SSSR count). The van der Waals surface area contributed by atoms with Crippen LogP contribution in [0.25, 0.3) is 6.08 Å². The number of carbonyl (C=O) groups excluding carboxylic acids is 2. The van der Waals surface area contributed by atoms with E-state index in [2.05, 4.69) is 0 Å². The number of hydrogen-bond donors (Lipinski definition) is 0. The molecule has 0 aromatic heterocycles. The Morgan fingerprint density at radius 2 is 1.69 bits per heavy atom. The van der Waals surface area contributed by atoms with E-state index in [1.165, 1.54) is 34.5 Å². The predicted molar refractivity (Wildman–Crippen MR) is 130 cm³/mol. The van der Waals surface area contributed by atoms with Crippen LogP contribution >= 0.6 is 0 Å². The van der Waals surface area contributed by atoms with Crippen LogP contribution in [0.3, 0.4) is 0 Å². The molecule has 0 aliphatic heterocycles. The van der Waals surface area contributed by atoms with Crippen molar-refractivity contribution in [3.8, 4) is 17.2 Å². The van der Waals surface area contributed by atoms with Crippen LogP contribution in [0.5, 0.6) is 17.2 Å². The quantitative estimate of drug-likeness (QED) is 0.351. The molecule has 2 aromatic carbocycles. The van der Waals surface area contributed by atoms with E-state index < -0.39 is 24.1 Å². The lowest BCUT2D eigenvalue weighted by Crippen LogP contribution is -2.47. The molecule has 0 saturated heterocycles. The average Bonchev–Trinajstić information content (AvgIpc) is 2.89. The molecular weight excluding hydrogens is 452 g/mol. The molecule has 3 atom stereocenters. The van der Waals surface area contributed by atoms with Gasteiger partial charge in [0.15, 0.2) is 11.5 Å². The largest absolute Gasteiger partial charge is 0.493 e. The molecule has 188 valence electrons. The maximum Gasteiger partial charge on any atom is 0.331 e. The van der Waals surface area contributed by atoms with E-state index in [4.69, 9.17) is 28.4 Å². The third-order valence-electron chi connectivity index (χ3n) is 5.90. The minimum absolute atomic E-state index is 0.0465. The molecule has 0 heterocycles. The highest BCUT2D eigenvalue weighted by Gasteiger charge is 2.41. The van der Waals surface area contributed by atoms with Gasteiger partial charge in [0.05, 0.1) is 40.5 Å². The van der Waals surface area contributed by atoms with Gasteiger partial charge in [-0.05, 0) is 35.8 Å². The molecule has 0 unspecified atom stereocenters. The standard InChI is InChI=1S/C27H32O8/c1-30-23-14-19(15-24(31-2)27(23)33-4)10-13-25(29)35-22-12-11-21(28)20(26(22)32-3)17-34-16-18-8-6-5-7-9-18/h5-10,13-15,20,22,26H,11-12,16-17H2,1-4H3/b13-10+/t20-,22-,26+/m1/s1. The summed E-state index contributed by atoms with van der Waals surface area (Å²) < 4.78 is 33.1. The fourth-order valence-corrected chi connectivity index (χ4v) is 4.13. The van der Waals surface area contributed by atoms with Gasteiger partial charge in [-0.3, -0.25) is 4.79 Å².